The van der Waals surface area contributed by atoms with E-state index < -0.39 is 11.4 Å². The molecule has 3 amide bonds. The van der Waals surface area contributed by atoms with Gasteiger partial charge in [0.25, 0.3) is 5.91 Å². The molecule has 1 saturated heterocycles. The first kappa shape index (κ1) is 17.2. The van der Waals surface area contributed by atoms with Gasteiger partial charge in [-0.25, -0.2) is 4.79 Å². The maximum absolute atomic E-state index is 12.3. The second-order valence-electron chi connectivity index (χ2n) is 6.66. The fourth-order valence-electron chi connectivity index (χ4n) is 3.85. The normalized spacial score (nSPS) is 24.6. The summed E-state index contributed by atoms with van der Waals surface area (Å²) in [5.74, 6) is -1.00. The molecule has 25 heavy (non-hydrogen) atoms. The SMILES string of the molecule is O=C(NCCNC(=O)N1C[C@@H]2CCC[C@@]2(C(=O)O)C1)c1cccnc1. The van der Waals surface area contributed by atoms with Crippen molar-refractivity contribution in [3.63, 3.8) is 0 Å². The van der Waals surface area contributed by atoms with Crippen molar-refractivity contribution < 1.29 is 19.5 Å². The molecule has 0 bridgehead atoms. The standard InChI is InChI=1S/C17H22N4O4/c22-14(12-3-2-6-18-9-12)19-7-8-20-16(25)21-10-13-4-1-5-17(13,11-21)15(23)24/h2-3,6,9,13H,1,4-5,7-8,10-11H2,(H,19,22)(H,20,25)(H,23,24)/t13-,17+/m0/s1. The monoisotopic (exact) mass is 346 g/mol. The van der Waals surface area contributed by atoms with Crippen LogP contribution in [0.5, 0.6) is 0 Å². The molecule has 2 aliphatic rings. The molecule has 2 heterocycles. The Kier molecular flexibility index (Phi) is 4.87. The Balaban J connectivity index is 1.43. The lowest BCUT2D eigenvalue weighted by molar-refractivity contribution is -0.149. The average molecular weight is 346 g/mol. The zero-order chi connectivity index (χ0) is 17.9. The molecule has 2 fully saturated rings. The second kappa shape index (κ2) is 7.08. The Labute approximate surface area is 145 Å². The van der Waals surface area contributed by atoms with Crippen molar-refractivity contribution in [2.75, 3.05) is 26.2 Å². The van der Waals surface area contributed by atoms with E-state index in [0.29, 0.717) is 25.1 Å². The Morgan fingerprint density at radius 3 is 2.80 bits per heavy atom. The summed E-state index contributed by atoms with van der Waals surface area (Å²) in [4.78, 5) is 41.2. The number of carboxylic acids is 1. The molecule has 8 nitrogen and oxygen atoms in total. The lowest BCUT2D eigenvalue weighted by Gasteiger charge is -2.23. The van der Waals surface area contributed by atoms with Gasteiger partial charge in [0, 0.05) is 38.6 Å². The zero-order valence-electron chi connectivity index (χ0n) is 13.9. The van der Waals surface area contributed by atoms with Crippen molar-refractivity contribution in [2.24, 2.45) is 11.3 Å². The highest BCUT2D eigenvalue weighted by Gasteiger charge is 2.55. The van der Waals surface area contributed by atoms with E-state index in [9.17, 15) is 19.5 Å². The van der Waals surface area contributed by atoms with E-state index in [-0.39, 0.29) is 30.9 Å². The van der Waals surface area contributed by atoms with Crippen molar-refractivity contribution >= 4 is 17.9 Å². The highest BCUT2D eigenvalue weighted by atomic mass is 16.4. The Bertz CT molecular complexity index is 666. The molecule has 0 aromatic carbocycles. The lowest BCUT2D eigenvalue weighted by Crippen LogP contribution is -2.44. The molecule has 1 aromatic rings. The highest BCUT2D eigenvalue weighted by Crippen LogP contribution is 2.48. The van der Waals surface area contributed by atoms with Gasteiger partial charge in [-0.05, 0) is 30.9 Å². The van der Waals surface area contributed by atoms with Crippen LogP contribution in [0.25, 0.3) is 0 Å². The maximum Gasteiger partial charge on any atom is 0.317 e. The fraction of sp³-hybridized carbons (Fsp3) is 0.529. The van der Waals surface area contributed by atoms with Crippen molar-refractivity contribution in [3.05, 3.63) is 30.1 Å². The number of hydrogen-bond donors (Lipinski definition) is 3. The predicted octanol–water partition coefficient (Wildman–Crippen LogP) is 0.708. The minimum absolute atomic E-state index is 0.0426. The summed E-state index contributed by atoms with van der Waals surface area (Å²) in [5.41, 5.74) is -0.309. The first-order chi connectivity index (χ1) is 12.0. The molecule has 134 valence electrons. The third-order valence-electron chi connectivity index (χ3n) is 5.19. The van der Waals surface area contributed by atoms with Crippen LogP contribution in [-0.2, 0) is 4.79 Å². The molecule has 2 atom stereocenters. The van der Waals surface area contributed by atoms with E-state index in [4.69, 9.17) is 0 Å². The summed E-state index contributed by atoms with van der Waals surface area (Å²) in [6.45, 7) is 1.33. The van der Waals surface area contributed by atoms with Crippen molar-refractivity contribution in [3.8, 4) is 0 Å². The number of urea groups is 1. The minimum atomic E-state index is -0.797. The van der Waals surface area contributed by atoms with Gasteiger partial charge in [-0.15, -0.1) is 0 Å². The number of amides is 3. The lowest BCUT2D eigenvalue weighted by atomic mass is 9.81. The van der Waals surface area contributed by atoms with Crippen molar-refractivity contribution in [1.29, 1.82) is 0 Å². The summed E-state index contributed by atoms with van der Waals surface area (Å²) in [5, 5.41) is 15.0. The van der Waals surface area contributed by atoms with Gasteiger partial charge in [-0.3, -0.25) is 14.6 Å². The number of hydrogen-bond acceptors (Lipinski definition) is 4. The van der Waals surface area contributed by atoms with Crippen LogP contribution in [0, 0.1) is 11.3 Å². The molecule has 1 saturated carbocycles. The topological polar surface area (TPSA) is 112 Å². The Morgan fingerprint density at radius 1 is 1.32 bits per heavy atom. The molecule has 1 aromatic heterocycles. The minimum Gasteiger partial charge on any atom is -0.481 e. The quantitative estimate of drug-likeness (QED) is 0.680. The number of carbonyl (C=O) groups is 3. The fourth-order valence-corrected chi connectivity index (χ4v) is 3.85. The van der Waals surface area contributed by atoms with Gasteiger partial charge < -0.3 is 20.6 Å². The molecule has 0 spiro atoms. The second-order valence-corrected chi connectivity index (χ2v) is 6.66. The van der Waals surface area contributed by atoms with Crippen LogP contribution in [-0.4, -0.2) is 59.1 Å². The third kappa shape index (κ3) is 3.42. The molecule has 1 aliphatic carbocycles. The van der Waals surface area contributed by atoms with Crippen LogP contribution in [0.15, 0.2) is 24.5 Å². The van der Waals surface area contributed by atoms with Gasteiger partial charge in [0.05, 0.1) is 11.0 Å². The highest BCUT2D eigenvalue weighted by molar-refractivity contribution is 5.93. The average Bonchev–Trinajstić information content (AvgIpc) is 3.17. The largest absolute Gasteiger partial charge is 0.481 e. The number of rotatable bonds is 5. The van der Waals surface area contributed by atoms with E-state index in [1.54, 1.807) is 23.2 Å². The van der Waals surface area contributed by atoms with Crippen molar-refractivity contribution in [1.82, 2.24) is 20.5 Å². The molecular formula is C17H22N4O4. The number of nitrogens with zero attached hydrogens (tertiary/aromatic N) is 2. The van der Waals surface area contributed by atoms with Gasteiger partial charge in [0.15, 0.2) is 0 Å². The number of carboxylic acid groups (broad SMARTS) is 1. The summed E-state index contributed by atoms with van der Waals surface area (Å²) in [6.07, 6.45) is 5.47. The van der Waals surface area contributed by atoms with Gasteiger partial charge in [-0.2, -0.15) is 0 Å². The number of aliphatic carboxylic acids is 1. The maximum atomic E-state index is 12.3. The first-order valence-electron chi connectivity index (χ1n) is 8.47. The number of nitrogens with one attached hydrogen (secondary N) is 2. The van der Waals surface area contributed by atoms with Crippen LogP contribution in [0.4, 0.5) is 4.79 Å². The number of aromatic nitrogens is 1. The number of pyridine rings is 1. The van der Waals surface area contributed by atoms with Crippen LogP contribution in [0.2, 0.25) is 0 Å². The number of carbonyl (C=O) groups excluding carboxylic acids is 2. The van der Waals surface area contributed by atoms with E-state index in [1.165, 1.54) is 6.20 Å². The van der Waals surface area contributed by atoms with Gasteiger partial charge in [0.2, 0.25) is 0 Å². The summed E-state index contributed by atoms with van der Waals surface area (Å²) < 4.78 is 0. The van der Waals surface area contributed by atoms with E-state index >= 15 is 0 Å². The number of fused-ring (bicyclic) bond motifs is 1. The summed E-state index contributed by atoms with van der Waals surface area (Å²) in [6, 6.07) is 3.07. The Hall–Kier alpha value is -2.64. The van der Waals surface area contributed by atoms with E-state index in [1.807, 2.05) is 0 Å². The zero-order valence-corrected chi connectivity index (χ0v) is 13.9. The van der Waals surface area contributed by atoms with Crippen LogP contribution in [0.1, 0.15) is 29.6 Å². The first-order valence-corrected chi connectivity index (χ1v) is 8.47. The predicted molar refractivity (Wildman–Crippen MR) is 89.0 cm³/mol. The van der Waals surface area contributed by atoms with Gasteiger partial charge in [0.1, 0.15) is 0 Å². The van der Waals surface area contributed by atoms with E-state index in [0.717, 1.165) is 12.8 Å². The molecule has 3 N–H and O–H groups in total. The van der Waals surface area contributed by atoms with Crippen LogP contribution < -0.4 is 10.6 Å². The smallest absolute Gasteiger partial charge is 0.317 e. The number of likely N-dealkylation sites (tertiary alicyclic amines) is 1. The van der Waals surface area contributed by atoms with Crippen LogP contribution >= 0.6 is 0 Å². The molecular weight excluding hydrogens is 324 g/mol. The van der Waals surface area contributed by atoms with Crippen LogP contribution in [0.3, 0.4) is 0 Å². The molecule has 1 aliphatic heterocycles. The van der Waals surface area contributed by atoms with Gasteiger partial charge >= 0.3 is 12.0 Å². The van der Waals surface area contributed by atoms with Crippen molar-refractivity contribution in [2.45, 2.75) is 19.3 Å². The van der Waals surface area contributed by atoms with E-state index in [2.05, 4.69) is 15.6 Å². The molecule has 8 heteroatoms. The summed E-state index contributed by atoms with van der Waals surface area (Å²) in [7, 11) is 0. The Morgan fingerprint density at radius 2 is 2.12 bits per heavy atom. The third-order valence-corrected chi connectivity index (χ3v) is 5.19. The molecule has 3 rings (SSSR count). The molecule has 0 unspecified atom stereocenters. The summed E-state index contributed by atoms with van der Waals surface area (Å²) >= 11 is 0. The molecule has 0 radical (unpaired) electrons. The van der Waals surface area contributed by atoms with Gasteiger partial charge in [-0.1, -0.05) is 6.42 Å².